The van der Waals surface area contributed by atoms with Crippen LogP contribution in [0.5, 0.6) is 5.75 Å². The molecule has 5 saturated carbocycles. The number of aliphatic carboxylic acids is 1. The number of carboxylic acid groups (broad SMARTS) is 1. The quantitative estimate of drug-likeness (QED) is 0.322. The Morgan fingerprint density at radius 1 is 1.05 bits per heavy atom. The molecule has 2 bridgehead atoms. The van der Waals surface area contributed by atoms with E-state index in [4.69, 9.17) is 14.0 Å². The summed E-state index contributed by atoms with van der Waals surface area (Å²) in [6.45, 7) is 0.894. The number of ether oxygens (including phenoxy) is 3. The molecule has 1 N–H and O–H groups in total. The monoisotopic (exact) mass is 563 g/mol. The predicted octanol–water partition coefficient (Wildman–Crippen LogP) is 7.39. The molecule has 0 amide bonds. The van der Waals surface area contributed by atoms with Gasteiger partial charge in [0.25, 0.3) is 0 Å². The van der Waals surface area contributed by atoms with E-state index in [1.165, 1.54) is 12.1 Å². The van der Waals surface area contributed by atoms with Crippen LogP contribution in [0.25, 0.3) is 11.3 Å². The van der Waals surface area contributed by atoms with Crippen LogP contribution in [-0.2, 0) is 20.9 Å². The minimum absolute atomic E-state index is 0.0196. The van der Waals surface area contributed by atoms with Gasteiger partial charge in [-0.25, -0.2) is 0 Å². The lowest BCUT2D eigenvalue weighted by Gasteiger charge is -2.53. The molecule has 218 valence electrons. The largest absolute Gasteiger partial charge is 0.573 e. The standard InChI is InChI=1S/C30H36F3NO6/c31-30(32,33)39-24-7-2-1-6-22(24)25-23(26(40-34-25)19-8-9-19)17-38-29-13-10-28(11-14-29,12-15-29)18-37-21-5-3-4-20(16-21)27(35)36/h1-2,6-7,19-21H,3-5,8-18H2,(H,35,36)/t20-,21-,28?,29?/m0/s1. The van der Waals surface area contributed by atoms with E-state index in [-0.39, 0.29) is 46.9 Å². The molecule has 40 heavy (non-hydrogen) atoms. The maximum absolute atomic E-state index is 13.1. The number of carbonyl (C=O) groups is 1. The summed E-state index contributed by atoms with van der Waals surface area (Å²) >= 11 is 0. The highest BCUT2D eigenvalue weighted by Gasteiger charge is 2.50. The second-order valence-corrected chi connectivity index (χ2v) is 12.3. The summed E-state index contributed by atoms with van der Waals surface area (Å²) in [4.78, 5) is 11.4. The highest BCUT2D eigenvalue weighted by Crippen LogP contribution is 2.55. The Balaban J connectivity index is 1.11. The third kappa shape index (κ3) is 5.88. The van der Waals surface area contributed by atoms with Crippen molar-refractivity contribution in [1.29, 1.82) is 0 Å². The molecule has 0 saturated heterocycles. The minimum atomic E-state index is -4.82. The number of hydrogen-bond donors (Lipinski definition) is 1. The van der Waals surface area contributed by atoms with Gasteiger partial charge in [-0.3, -0.25) is 4.79 Å². The van der Waals surface area contributed by atoms with Crippen molar-refractivity contribution >= 4 is 5.97 Å². The van der Waals surface area contributed by atoms with Gasteiger partial charge in [0.1, 0.15) is 17.2 Å². The van der Waals surface area contributed by atoms with Crippen LogP contribution in [-0.4, -0.2) is 40.9 Å². The number of hydrogen-bond acceptors (Lipinski definition) is 6. The van der Waals surface area contributed by atoms with Crippen molar-refractivity contribution in [3.8, 4) is 17.0 Å². The zero-order chi connectivity index (χ0) is 28.0. The van der Waals surface area contributed by atoms with Crippen LogP contribution in [0, 0.1) is 11.3 Å². The van der Waals surface area contributed by atoms with Crippen molar-refractivity contribution in [3.05, 3.63) is 35.6 Å². The Kier molecular flexibility index (Phi) is 7.36. The number of carboxylic acids is 1. The van der Waals surface area contributed by atoms with Crippen molar-refractivity contribution in [1.82, 2.24) is 5.16 Å². The van der Waals surface area contributed by atoms with Crippen molar-refractivity contribution in [2.45, 2.75) is 108 Å². The third-order valence-corrected chi connectivity index (χ3v) is 9.59. The lowest BCUT2D eigenvalue weighted by molar-refractivity contribution is -0.274. The minimum Gasteiger partial charge on any atom is -0.481 e. The first-order valence-electron chi connectivity index (χ1n) is 14.5. The van der Waals surface area contributed by atoms with Crippen molar-refractivity contribution < 1.29 is 41.8 Å². The van der Waals surface area contributed by atoms with Gasteiger partial charge >= 0.3 is 12.3 Å². The number of alkyl halides is 3. The number of benzene rings is 1. The van der Waals surface area contributed by atoms with Crippen LogP contribution in [0.3, 0.4) is 0 Å². The summed E-state index contributed by atoms with van der Waals surface area (Å²) in [6, 6.07) is 6.02. The zero-order valence-corrected chi connectivity index (χ0v) is 22.5. The molecule has 0 unspecified atom stereocenters. The summed E-state index contributed by atoms with van der Waals surface area (Å²) in [5.74, 6) is -0.408. The Hall–Kier alpha value is -2.59. The molecule has 2 aromatic rings. The second kappa shape index (κ2) is 10.7. The lowest BCUT2D eigenvalue weighted by Crippen LogP contribution is -2.49. The van der Waals surface area contributed by atoms with Crippen molar-refractivity contribution in [3.63, 3.8) is 0 Å². The van der Waals surface area contributed by atoms with E-state index < -0.39 is 12.3 Å². The molecule has 2 atom stereocenters. The molecule has 5 fully saturated rings. The molecule has 5 aliphatic rings. The normalized spacial score (nSPS) is 30.4. The topological polar surface area (TPSA) is 91.0 Å². The highest BCUT2D eigenvalue weighted by atomic mass is 19.4. The molecule has 0 spiro atoms. The summed E-state index contributed by atoms with van der Waals surface area (Å²) < 4.78 is 62.2. The number of rotatable bonds is 10. The van der Waals surface area contributed by atoms with Crippen LogP contribution in [0.2, 0.25) is 0 Å². The van der Waals surface area contributed by atoms with Gasteiger partial charge in [-0.1, -0.05) is 23.7 Å². The molecule has 7 rings (SSSR count). The SMILES string of the molecule is O=C(O)[C@H]1CCC[C@H](OCC23CCC(OCc4c(-c5ccccc5OC(F)(F)F)noc4C4CC4)(CC2)CC3)C1. The summed E-state index contributed by atoms with van der Waals surface area (Å²) in [5.41, 5.74) is 1.13. The Labute approximate surface area is 231 Å². The van der Waals surface area contributed by atoms with E-state index in [9.17, 15) is 23.1 Å². The van der Waals surface area contributed by atoms with Crippen LogP contribution < -0.4 is 4.74 Å². The van der Waals surface area contributed by atoms with Gasteiger partial charge in [0.15, 0.2) is 0 Å². The Bertz CT molecular complexity index is 1200. The van der Waals surface area contributed by atoms with E-state index >= 15 is 0 Å². The average molecular weight is 564 g/mol. The Morgan fingerprint density at radius 3 is 2.45 bits per heavy atom. The number of nitrogens with zero attached hydrogens (tertiary/aromatic N) is 1. The molecule has 0 radical (unpaired) electrons. The zero-order valence-electron chi connectivity index (χ0n) is 22.5. The predicted molar refractivity (Wildman–Crippen MR) is 138 cm³/mol. The number of halogens is 3. The molecule has 1 heterocycles. The van der Waals surface area contributed by atoms with Crippen LogP contribution >= 0.6 is 0 Å². The highest BCUT2D eigenvalue weighted by molar-refractivity contribution is 5.71. The first-order valence-corrected chi connectivity index (χ1v) is 14.5. The van der Waals surface area contributed by atoms with Crippen LogP contribution in [0.15, 0.2) is 28.8 Å². The van der Waals surface area contributed by atoms with Crippen molar-refractivity contribution in [2.75, 3.05) is 6.61 Å². The molecule has 1 aromatic heterocycles. The first-order chi connectivity index (χ1) is 19.1. The van der Waals surface area contributed by atoms with Gasteiger partial charge in [0, 0.05) is 17.0 Å². The maximum Gasteiger partial charge on any atom is 0.573 e. The molecular formula is C30H36F3NO6. The fourth-order valence-corrected chi connectivity index (χ4v) is 6.92. The summed E-state index contributed by atoms with van der Waals surface area (Å²) in [5, 5.41) is 13.6. The van der Waals surface area contributed by atoms with E-state index in [2.05, 4.69) is 9.89 Å². The molecule has 10 heteroatoms. The summed E-state index contributed by atoms with van der Waals surface area (Å²) in [7, 11) is 0. The van der Waals surface area contributed by atoms with E-state index in [1.54, 1.807) is 12.1 Å². The molecule has 5 aliphatic carbocycles. The maximum atomic E-state index is 13.1. The Morgan fingerprint density at radius 2 is 1.77 bits per heavy atom. The van der Waals surface area contributed by atoms with Gasteiger partial charge in [0.2, 0.25) is 0 Å². The van der Waals surface area contributed by atoms with Crippen LogP contribution in [0.4, 0.5) is 13.2 Å². The number of aromatic nitrogens is 1. The van der Waals surface area contributed by atoms with Gasteiger partial charge < -0.3 is 23.8 Å². The molecule has 7 nitrogen and oxygen atoms in total. The molecular weight excluding hydrogens is 527 g/mol. The lowest BCUT2D eigenvalue weighted by atomic mass is 9.59. The van der Waals surface area contributed by atoms with Crippen molar-refractivity contribution in [2.24, 2.45) is 11.3 Å². The van der Waals surface area contributed by atoms with Gasteiger partial charge in [-0.2, -0.15) is 0 Å². The van der Waals surface area contributed by atoms with Gasteiger partial charge in [-0.15, -0.1) is 13.2 Å². The fraction of sp³-hybridized carbons (Fsp3) is 0.667. The third-order valence-electron chi connectivity index (χ3n) is 9.59. The van der Waals surface area contributed by atoms with E-state index in [0.29, 0.717) is 30.0 Å². The molecule has 0 aliphatic heterocycles. The first kappa shape index (κ1) is 27.6. The second-order valence-electron chi connectivity index (χ2n) is 12.3. The van der Waals surface area contributed by atoms with Crippen LogP contribution in [0.1, 0.15) is 94.3 Å². The van der Waals surface area contributed by atoms with E-state index in [0.717, 1.165) is 70.6 Å². The average Bonchev–Trinajstić information content (AvgIpc) is 3.71. The molecule has 1 aromatic carbocycles. The number of para-hydroxylation sites is 1. The smallest absolute Gasteiger partial charge is 0.481 e. The summed E-state index contributed by atoms with van der Waals surface area (Å²) in [6.07, 6.45) is 5.91. The number of fused-ring (bicyclic) bond motifs is 3. The fourth-order valence-electron chi connectivity index (χ4n) is 6.92. The van der Waals surface area contributed by atoms with E-state index in [1.807, 2.05) is 0 Å². The van der Waals surface area contributed by atoms with Gasteiger partial charge in [-0.05, 0) is 88.2 Å². The van der Waals surface area contributed by atoms with Gasteiger partial charge in [0.05, 0.1) is 30.8 Å².